The molecule has 0 aromatic carbocycles. The van der Waals surface area contributed by atoms with Crippen LogP contribution in [0.25, 0.3) is 0 Å². The first-order chi connectivity index (χ1) is 5.20. The molecule has 1 atom stereocenters. The summed E-state index contributed by atoms with van der Waals surface area (Å²) < 4.78 is 10.3. The van der Waals surface area contributed by atoms with Crippen molar-refractivity contribution in [1.29, 1.82) is 0 Å². The van der Waals surface area contributed by atoms with Crippen molar-refractivity contribution in [2.75, 3.05) is 13.7 Å². The molecule has 0 N–H and O–H groups in total. The molecule has 0 amide bonds. The SMILES string of the molecule is CCC(=S)OCCC(C)OC. The van der Waals surface area contributed by atoms with Gasteiger partial charge >= 0.3 is 0 Å². The van der Waals surface area contributed by atoms with Crippen molar-refractivity contribution in [3.05, 3.63) is 0 Å². The van der Waals surface area contributed by atoms with E-state index in [-0.39, 0.29) is 6.10 Å². The highest BCUT2D eigenvalue weighted by molar-refractivity contribution is 7.80. The van der Waals surface area contributed by atoms with Crippen LogP contribution in [0, 0.1) is 0 Å². The molecule has 0 fully saturated rings. The Balaban J connectivity index is 3.20. The van der Waals surface area contributed by atoms with Gasteiger partial charge in [-0.15, -0.1) is 0 Å². The van der Waals surface area contributed by atoms with Crippen LogP contribution in [0.15, 0.2) is 0 Å². The number of rotatable bonds is 5. The van der Waals surface area contributed by atoms with E-state index in [1.54, 1.807) is 7.11 Å². The van der Waals surface area contributed by atoms with E-state index in [0.717, 1.165) is 12.8 Å². The largest absolute Gasteiger partial charge is 0.487 e. The Bertz CT molecular complexity index is 115. The molecule has 0 spiro atoms. The molecule has 0 aliphatic carbocycles. The van der Waals surface area contributed by atoms with Crippen LogP contribution in [0.2, 0.25) is 0 Å². The molecule has 0 aliphatic heterocycles. The smallest absolute Gasteiger partial charge is 0.159 e. The summed E-state index contributed by atoms with van der Waals surface area (Å²) >= 11 is 4.88. The highest BCUT2D eigenvalue weighted by Gasteiger charge is 1.99. The van der Waals surface area contributed by atoms with E-state index in [4.69, 9.17) is 21.7 Å². The standard InChI is InChI=1S/C8H16O2S/c1-4-8(11)10-6-5-7(2)9-3/h7H,4-6H2,1-3H3. The number of thiocarbonyl (C=S) groups is 1. The minimum Gasteiger partial charge on any atom is -0.487 e. The number of methoxy groups -OCH3 is 1. The molecule has 0 aromatic rings. The summed E-state index contributed by atoms with van der Waals surface area (Å²) in [6.45, 7) is 4.67. The second-order valence-electron chi connectivity index (χ2n) is 2.41. The lowest BCUT2D eigenvalue weighted by Gasteiger charge is -2.09. The molecule has 3 heteroatoms. The molecule has 0 aliphatic rings. The summed E-state index contributed by atoms with van der Waals surface area (Å²) in [5.41, 5.74) is 0. The van der Waals surface area contributed by atoms with Crippen LogP contribution >= 0.6 is 12.2 Å². The lowest BCUT2D eigenvalue weighted by molar-refractivity contribution is 0.0939. The number of ether oxygens (including phenoxy) is 2. The zero-order valence-corrected chi connectivity index (χ0v) is 8.24. The Morgan fingerprint density at radius 3 is 2.64 bits per heavy atom. The molecule has 0 rings (SSSR count). The second kappa shape index (κ2) is 6.55. The van der Waals surface area contributed by atoms with Crippen LogP contribution in [0.3, 0.4) is 0 Å². The Labute approximate surface area is 73.9 Å². The van der Waals surface area contributed by atoms with E-state index < -0.39 is 0 Å². The van der Waals surface area contributed by atoms with Gasteiger partial charge in [-0.1, -0.05) is 6.92 Å². The van der Waals surface area contributed by atoms with Crippen molar-refractivity contribution in [2.24, 2.45) is 0 Å². The molecular formula is C8H16O2S. The van der Waals surface area contributed by atoms with E-state index in [0.29, 0.717) is 11.7 Å². The average Bonchev–Trinajstić information content (AvgIpc) is 2.04. The molecule has 0 saturated heterocycles. The second-order valence-corrected chi connectivity index (χ2v) is 2.86. The summed E-state index contributed by atoms with van der Waals surface area (Å²) in [4.78, 5) is 0. The van der Waals surface area contributed by atoms with Crippen molar-refractivity contribution < 1.29 is 9.47 Å². The van der Waals surface area contributed by atoms with Crippen LogP contribution in [0.1, 0.15) is 26.7 Å². The molecule has 11 heavy (non-hydrogen) atoms. The van der Waals surface area contributed by atoms with Gasteiger partial charge in [0.1, 0.15) is 0 Å². The molecule has 2 nitrogen and oxygen atoms in total. The first-order valence-corrected chi connectivity index (χ1v) is 4.30. The predicted octanol–water partition coefficient (Wildman–Crippen LogP) is 2.17. The van der Waals surface area contributed by atoms with Gasteiger partial charge in [0.15, 0.2) is 5.05 Å². The molecule has 0 bridgehead atoms. The van der Waals surface area contributed by atoms with Crippen LogP contribution in [0.4, 0.5) is 0 Å². The van der Waals surface area contributed by atoms with Crippen LogP contribution in [-0.2, 0) is 9.47 Å². The van der Waals surface area contributed by atoms with Gasteiger partial charge in [0.2, 0.25) is 0 Å². The van der Waals surface area contributed by atoms with Crippen molar-refractivity contribution in [3.63, 3.8) is 0 Å². The topological polar surface area (TPSA) is 18.5 Å². The maximum Gasteiger partial charge on any atom is 0.159 e. The molecule has 0 aromatic heterocycles. The highest BCUT2D eigenvalue weighted by atomic mass is 32.1. The third-order valence-electron chi connectivity index (χ3n) is 1.48. The Kier molecular flexibility index (Phi) is 6.46. The van der Waals surface area contributed by atoms with Gasteiger partial charge in [-0.05, 0) is 19.1 Å². The summed E-state index contributed by atoms with van der Waals surface area (Å²) in [6.07, 6.45) is 1.97. The van der Waals surface area contributed by atoms with E-state index >= 15 is 0 Å². The normalized spacial score (nSPS) is 12.6. The first-order valence-electron chi connectivity index (χ1n) is 3.89. The fraction of sp³-hybridized carbons (Fsp3) is 0.875. The van der Waals surface area contributed by atoms with Gasteiger partial charge in [0, 0.05) is 20.0 Å². The Hall–Kier alpha value is -0.150. The third kappa shape index (κ3) is 6.26. The summed E-state index contributed by atoms with van der Waals surface area (Å²) in [6, 6.07) is 0. The minimum absolute atomic E-state index is 0.259. The summed E-state index contributed by atoms with van der Waals surface area (Å²) in [7, 11) is 1.70. The maximum atomic E-state index is 5.22. The Morgan fingerprint density at radius 1 is 1.55 bits per heavy atom. The molecular weight excluding hydrogens is 160 g/mol. The maximum absolute atomic E-state index is 5.22. The van der Waals surface area contributed by atoms with Gasteiger partial charge in [-0.25, -0.2) is 0 Å². The molecule has 1 unspecified atom stereocenters. The fourth-order valence-electron chi connectivity index (χ4n) is 0.559. The number of hydrogen-bond donors (Lipinski definition) is 0. The van der Waals surface area contributed by atoms with Gasteiger partial charge < -0.3 is 9.47 Å². The van der Waals surface area contributed by atoms with Crippen LogP contribution in [0.5, 0.6) is 0 Å². The lowest BCUT2D eigenvalue weighted by atomic mass is 10.3. The van der Waals surface area contributed by atoms with Gasteiger partial charge in [0.25, 0.3) is 0 Å². The third-order valence-corrected chi connectivity index (χ3v) is 1.88. The molecule has 0 heterocycles. The van der Waals surface area contributed by atoms with E-state index in [1.807, 2.05) is 13.8 Å². The van der Waals surface area contributed by atoms with Crippen molar-refractivity contribution in [2.45, 2.75) is 32.8 Å². The molecule has 0 radical (unpaired) electrons. The van der Waals surface area contributed by atoms with Crippen molar-refractivity contribution >= 4 is 17.3 Å². The van der Waals surface area contributed by atoms with E-state index in [1.165, 1.54) is 0 Å². The van der Waals surface area contributed by atoms with Gasteiger partial charge in [-0.2, -0.15) is 0 Å². The first kappa shape index (κ1) is 10.8. The zero-order valence-electron chi connectivity index (χ0n) is 7.42. The van der Waals surface area contributed by atoms with Gasteiger partial charge in [-0.3, -0.25) is 0 Å². The van der Waals surface area contributed by atoms with Crippen molar-refractivity contribution in [3.8, 4) is 0 Å². The van der Waals surface area contributed by atoms with E-state index in [9.17, 15) is 0 Å². The van der Waals surface area contributed by atoms with Crippen LogP contribution in [-0.4, -0.2) is 24.9 Å². The van der Waals surface area contributed by atoms with Gasteiger partial charge in [0.05, 0.1) is 12.7 Å². The highest BCUT2D eigenvalue weighted by Crippen LogP contribution is 1.97. The quantitative estimate of drug-likeness (QED) is 0.598. The van der Waals surface area contributed by atoms with Crippen molar-refractivity contribution in [1.82, 2.24) is 0 Å². The summed E-state index contributed by atoms with van der Waals surface area (Å²) in [5, 5.41) is 0.688. The van der Waals surface area contributed by atoms with Crippen LogP contribution < -0.4 is 0 Å². The minimum atomic E-state index is 0.259. The summed E-state index contributed by atoms with van der Waals surface area (Å²) in [5.74, 6) is 0. The Morgan fingerprint density at radius 2 is 2.18 bits per heavy atom. The molecule has 66 valence electrons. The zero-order chi connectivity index (χ0) is 8.69. The van der Waals surface area contributed by atoms with E-state index in [2.05, 4.69) is 0 Å². The fourth-order valence-corrected chi connectivity index (χ4v) is 0.642. The number of hydrogen-bond acceptors (Lipinski definition) is 3. The lowest BCUT2D eigenvalue weighted by Crippen LogP contribution is -2.10. The monoisotopic (exact) mass is 176 g/mol. The average molecular weight is 176 g/mol. The molecule has 0 saturated carbocycles. The predicted molar refractivity (Wildman–Crippen MR) is 49.9 cm³/mol.